The van der Waals surface area contributed by atoms with Gasteiger partial charge in [0.2, 0.25) is 11.9 Å². The van der Waals surface area contributed by atoms with Gasteiger partial charge >= 0.3 is 6.01 Å². The maximum Gasteiger partial charge on any atom is 0.323 e. The van der Waals surface area contributed by atoms with Crippen molar-refractivity contribution in [1.82, 2.24) is 15.0 Å². The van der Waals surface area contributed by atoms with Crippen LogP contribution in [-0.2, 0) is 6.54 Å². The van der Waals surface area contributed by atoms with Crippen LogP contribution in [0, 0.1) is 0 Å². The summed E-state index contributed by atoms with van der Waals surface area (Å²) in [5, 5.41) is 3.13. The molecule has 0 aliphatic carbocycles. The molecule has 1 aromatic carbocycles. The van der Waals surface area contributed by atoms with Crippen molar-refractivity contribution in [3.8, 4) is 6.01 Å². The Kier molecular flexibility index (Phi) is 5.70. The Bertz CT molecular complexity index is 595. The van der Waals surface area contributed by atoms with Crippen molar-refractivity contribution in [2.75, 3.05) is 17.3 Å². The summed E-state index contributed by atoms with van der Waals surface area (Å²) in [5.41, 5.74) is 3.50. The second-order valence-electron chi connectivity index (χ2n) is 4.20. The van der Waals surface area contributed by atoms with Crippen molar-refractivity contribution in [3.05, 3.63) is 34.3 Å². The highest BCUT2D eigenvalue weighted by Gasteiger charge is 2.07. The van der Waals surface area contributed by atoms with Crippen molar-refractivity contribution in [1.29, 1.82) is 0 Å². The molecule has 0 fully saturated rings. The average molecular weight is 353 g/mol. The van der Waals surface area contributed by atoms with Crippen LogP contribution < -0.4 is 21.3 Å². The Balaban J connectivity index is 2.09. The van der Waals surface area contributed by atoms with Crippen molar-refractivity contribution in [3.63, 3.8) is 0 Å². The first-order chi connectivity index (χ1) is 10.2. The van der Waals surface area contributed by atoms with Crippen LogP contribution in [0.5, 0.6) is 6.01 Å². The van der Waals surface area contributed by atoms with E-state index in [-0.39, 0.29) is 12.0 Å². The lowest BCUT2D eigenvalue weighted by Crippen LogP contribution is -2.14. The highest BCUT2D eigenvalue weighted by atomic mass is 79.9. The molecule has 0 aliphatic rings. The normalized spacial score (nSPS) is 10.2. The number of nitrogens with zero attached hydrogens (tertiary/aromatic N) is 3. The van der Waals surface area contributed by atoms with Crippen LogP contribution in [0.25, 0.3) is 0 Å². The first-order valence-electron chi connectivity index (χ1n) is 6.55. The molecular weight excluding hydrogens is 336 g/mol. The van der Waals surface area contributed by atoms with E-state index in [2.05, 4.69) is 41.6 Å². The third kappa shape index (κ3) is 4.54. The summed E-state index contributed by atoms with van der Waals surface area (Å²) >= 11 is 3.50. The lowest BCUT2D eigenvalue weighted by Gasteiger charge is -2.09. The molecule has 112 valence electrons. The van der Waals surface area contributed by atoms with Crippen molar-refractivity contribution >= 4 is 27.8 Å². The number of hydrazine groups is 1. The minimum absolute atomic E-state index is 0.245. The Morgan fingerprint density at radius 1 is 1.19 bits per heavy atom. The number of benzene rings is 1. The van der Waals surface area contributed by atoms with Crippen LogP contribution in [0.15, 0.2) is 28.7 Å². The fourth-order valence-electron chi connectivity index (χ4n) is 1.57. The topological polar surface area (TPSA) is 98.0 Å². The number of anilines is 2. The standard InChI is InChI=1S/C13H17BrN6O/c1-2-7-21-13-18-11(17-12(19-13)20-15)16-8-9-5-3-4-6-10(9)14/h3-6H,2,7-8,15H2,1H3,(H2,16,17,18,19,20). The molecule has 21 heavy (non-hydrogen) atoms. The molecule has 0 unspecified atom stereocenters. The highest BCUT2D eigenvalue weighted by Crippen LogP contribution is 2.17. The first kappa shape index (κ1) is 15.5. The summed E-state index contributed by atoms with van der Waals surface area (Å²) in [4.78, 5) is 12.4. The molecule has 8 heteroatoms. The molecule has 2 rings (SSSR count). The van der Waals surface area contributed by atoms with Crippen molar-refractivity contribution in [2.45, 2.75) is 19.9 Å². The zero-order valence-electron chi connectivity index (χ0n) is 11.6. The van der Waals surface area contributed by atoms with Crippen LogP contribution in [0.2, 0.25) is 0 Å². The number of halogens is 1. The van der Waals surface area contributed by atoms with Gasteiger partial charge in [-0.05, 0) is 18.1 Å². The number of hydrogen-bond donors (Lipinski definition) is 3. The molecule has 1 aromatic heterocycles. The summed E-state index contributed by atoms with van der Waals surface area (Å²) in [6.45, 7) is 3.12. The molecule has 0 saturated heterocycles. The summed E-state index contributed by atoms with van der Waals surface area (Å²) in [6.07, 6.45) is 0.872. The van der Waals surface area contributed by atoms with E-state index in [0.29, 0.717) is 19.1 Å². The van der Waals surface area contributed by atoms with E-state index in [9.17, 15) is 0 Å². The van der Waals surface area contributed by atoms with Gasteiger partial charge in [-0.15, -0.1) is 0 Å². The number of aromatic nitrogens is 3. The largest absolute Gasteiger partial charge is 0.463 e. The zero-order valence-corrected chi connectivity index (χ0v) is 13.2. The number of nitrogen functional groups attached to an aromatic ring is 1. The molecule has 7 nitrogen and oxygen atoms in total. The summed E-state index contributed by atoms with van der Waals surface area (Å²) in [6, 6.07) is 8.16. The Hall–Kier alpha value is -1.93. The van der Waals surface area contributed by atoms with Crippen LogP contribution in [0.3, 0.4) is 0 Å². The minimum atomic E-state index is 0.245. The van der Waals surface area contributed by atoms with E-state index in [4.69, 9.17) is 10.6 Å². The van der Waals surface area contributed by atoms with Gasteiger partial charge in [-0.2, -0.15) is 15.0 Å². The maximum absolute atomic E-state index is 5.41. The third-order valence-electron chi connectivity index (χ3n) is 2.57. The van der Waals surface area contributed by atoms with E-state index in [1.54, 1.807) is 0 Å². The molecule has 2 aromatic rings. The predicted octanol–water partition coefficient (Wildman–Crippen LogP) is 2.32. The van der Waals surface area contributed by atoms with Crippen LogP contribution in [0.1, 0.15) is 18.9 Å². The van der Waals surface area contributed by atoms with E-state index in [1.807, 2.05) is 31.2 Å². The Morgan fingerprint density at radius 2 is 1.95 bits per heavy atom. The minimum Gasteiger partial charge on any atom is -0.463 e. The molecular formula is C13H17BrN6O. The second kappa shape index (κ2) is 7.75. The number of rotatable bonds is 7. The van der Waals surface area contributed by atoms with Gasteiger partial charge in [0.1, 0.15) is 0 Å². The van der Waals surface area contributed by atoms with Gasteiger partial charge in [0.05, 0.1) is 6.61 Å². The SMILES string of the molecule is CCCOc1nc(NN)nc(NCc2ccccc2Br)n1. The van der Waals surface area contributed by atoms with Crippen LogP contribution in [0.4, 0.5) is 11.9 Å². The summed E-state index contributed by atoms with van der Waals surface area (Å²) in [5.74, 6) is 6.01. The van der Waals surface area contributed by atoms with Gasteiger partial charge in [-0.1, -0.05) is 41.1 Å². The third-order valence-corrected chi connectivity index (χ3v) is 3.35. The van der Waals surface area contributed by atoms with Crippen molar-refractivity contribution < 1.29 is 4.74 Å². The zero-order chi connectivity index (χ0) is 15.1. The van der Waals surface area contributed by atoms with Gasteiger partial charge in [-0.3, -0.25) is 5.43 Å². The highest BCUT2D eigenvalue weighted by molar-refractivity contribution is 9.10. The van der Waals surface area contributed by atoms with Gasteiger partial charge in [0, 0.05) is 11.0 Å². The van der Waals surface area contributed by atoms with Crippen LogP contribution in [-0.4, -0.2) is 21.6 Å². The van der Waals surface area contributed by atoms with E-state index < -0.39 is 0 Å². The smallest absolute Gasteiger partial charge is 0.323 e. The van der Waals surface area contributed by atoms with Crippen molar-refractivity contribution in [2.24, 2.45) is 5.84 Å². The van der Waals surface area contributed by atoms with Gasteiger partial charge in [0.25, 0.3) is 0 Å². The van der Waals surface area contributed by atoms with Crippen LogP contribution >= 0.6 is 15.9 Å². The Morgan fingerprint density at radius 3 is 2.67 bits per heavy atom. The first-order valence-corrected chi connectivity index (χ1v) is 7.35. The second-order valence-corrected chi connectivity index (χ2v) is 5.06. The molecule has 0 spiro atoms. The molecule has 0 atom stereocenters. The number of hydrogen-bond acceptors (Lipinski definition) is 7. The predicted molar refractivity (Wildman–Crippen MR) is 84.9 cm³/mol. The molecule has 4 N–H and O–H groups in total. The lowest BCUT2D eigenvalue weighted by molar-refractivity contribution is 0.292. The van der Waals surface area contributed by atoms with Gasteiger partial charge < -0.3 is 10.1 Å². The quantitative estimate of drug-likeness (QED) is 0.519. The van der Waals surface area contributed by atoms with Gasteiger partial charge in [-0.25, -0.2) is 5.84 Å². The Labute approximate surface area is 131 Å². The number of nitrogens with two attached hydrogens (primary N) is 1. The molecule has 0 radical (unpaired) electrons. The summed E-state index contributed by atoms with van der Waals surface area (Å²) < 4.78 is 6.43. The molecule has 0 saturated carbocycles. The van der Waals surface area contributed by atoms with Gasteiger partial charge in [0.15, 0.2) is 0 Å². The number of nitrogens with one attached hydrogen (secondary N) is 2. The average Bonchev–Trinajstić information content (AvgIpc) is 2.52. The molecule has 0 aliphatic heterocycles. The summed E-state index contributed by atoms with van der Waals surface area (Å²) in [7, 11) is 0. The monoisotopic (exact) mass is 352 g/mol. The van der Waals surface area contributed by atoms with E-state index in [1.165, 1.54) is 0 Å². The fourth-order valence-corrected chi connectivity index (χ4v) is 2.00. The lowest BCUT2D eigenvalue weighted by atomic mass is 10.2. The fraction of sp³-hybridized carbons (Fsp3) is 0.308. The van der Waals surface area contributed by atoms with E-state index >= 15 is 0 Å². The maximum atomic E-state index is 5.41. The molecule has 0 amide bonds. The number of ether oxygens (including phenoxy) is 1. The van der Waals surface area contributed by atoms with E-state index in [0.717, 1.165) is 16.5 Å². The molecule has 1 heterocycles. The molecule has 0 bridgehead atoms.